The number of allylic oxidation sites excluding steroid dienone is 1. The first-order valence-electron chi connectivity index (χ1n) is 14.4. The maximum Gasteiger partial charge on any atom is 0.220 e. The predicted molar refractivity (Wildman–Crippen MR) is 164 cm³/mol. The standard InChI is InChI=1S/C35H40N2O/c1-4-5-6-7-15-33(38)37-20-18-27-23-28(31-14-10-12-25-11-8-9-13-30(25)31)22-26-16-17-32-35(34(26)27)29(24(2)3)19-21-36-32/h8-14,16-17,19,22-24,36H,4-7,15,18,20-21H2,1-3H3,(H,37,38). The topological polar surface area (TPSA) is 41.1 Å². The van der Waals surface area contributed by atoms with E-state index in [-0.39, 0.29) is 5.91 Å². The van der Waals surface area contributed by atoms with Gasteiger partial charge in [0, 0.05) is 30.8 Å². The van der Waals surface area contributed by atoms with Gasteiger partial charge in [-0.05, 0) is 74.7 Å². The number of benzene rings is 4. The Morgan fingerprint density at radius 2 is 1.79 bits per heavy atom. The first kappa shape index (κ1) is 26.0. The summed E-state index contributed by atoms with van der Waals surface area (Å²) in [5.74, 6) is 0.608. The summed E-state index contributed by atoms with van der Waals surface area (Å²) in [6.45, 7) is 8.28. The van der Waals surface area contributed by atoms with Crippen molar-refractivity contribution in [3.05, 3.63) is 83.9 Å². The summed E-state index contributed by atoms with van der Waals surface area (Å²) in [4.78, 5) is 12.5. The fourth-order valence-corrected chi connectivity index (χ4v) is 5.87. The molecule has 0 aliphatic carbocycles. The molecule has 0 spiro atoms. The number of hydrogen-bond donors (Lipinski definition) is 2. The van der Waals surface area contributed by atoms with Crippen LogP contribution in [0.5, 0.6) is 0 Å². The molecule has 4 aromatic rings. The largest absolute Gasteiger partial charge is 0.381 e. The molecule has 3 heteroatoms. The van der Waals surface area contributed by atoms with E-state index in [1.807, 2.05) is 0 Å². The van der Waals surface area contributed by atoms with Crippen molar-refractivity contribution in [2.24, 2.45) is 5.92 Å². The summed E-state index contributed by atoms with van der Waals surface area (Å²) in [6.07, 6.45) is 8.26. The minimum Gasteiger partial charge on any atom is -0.381 e. The summed E-state index contributed by atoms with van der Waals surface area (Å²) in [6, 6.07) is 24.4. The molecule has 0 unspecified atom stereocenters. The van der Waals surface area contributed by atoms with Crippen LogP contribution >= 0.6 is 0 Å². The maximum absolute atomic E-state index is 12.5. The summed E-state index contributed by atoms with van der Waals surface area (Å²) < 4.78 is 0. The number of unbranched alkanes of at least 4 members (excludes halogenated alkanes) is 3. The summed E-state index contributed by atoms with van der Waals surface area (Å²) >= 11 is 0. The van der Waals surface area contributed by atoms with E-state index in [4.69, 9.17) is 0 Å². The molecule has 5 rings (SSSR count). The molecule has 4 aromatic carbocycles. The summed E-state index contributed by atoms with van der Waals surface area (Å²) in [5, 5.41) is 11.9. The fourth-order valence-electron chi connectivity index (χ4n) is 5.87. The quantitative estimate of drug-likeness (QED) is 0.212. The molecule has 0 aromatic heterocycles. The van der Waals surface area contributed by atoms with Crippen LogP contribution in [0, 0.1) is 5.92 Å². The maximum atomic E-state index is 12.5. The molecule has 3 nitrogen and oxygen atoms in total. The molecule has 0 radical (unpaired) electrons. The van der Waals surface area contributed by atoms with Crippen LogP contribution in [-0.2, 0) is 11.2 Å². The number of anilines is 1. The van der Waals surface area contributed by atoms with Gasteiger partial charge in [-0.15, -0.1) is 0 Å². The van der Waals surface area contributed by atoms with E-state index in [0.717, 1.165) is 25.8 Å². The highest BCUT2D eigenvalue weighted by Gasteiger charge is 2.21. The molecule has 0 saturated carbocycles. The van der Waals surface area contributed by atoms with Crippen LogP contribution in [0.1, 0.15) is 64.0 Å². The van der Waals surface area contributed by atoms with Crippen molar-refractivity contribution >= 4 is 38.7 Å². The molecule has 0 atom stereocenters. The third kappa shape index (κ3) is 5.48. The zero-order valence-corrected chi connectivity index (χ0v) is 23.1. The van der Waals surface area contributed by atoms with Crippen molar-refractivity contribution in [1.29, 1.82) is 0 Å². The van der Waals surface area contributed by atoms with Crippen molar-refractivity contribution < 1.29 is 4.79 Å². The first-order valence-corrected chi connectivity index (χ1v) is 14.4. The van der Waals surface area contributed by atoms with Crippen LogP contribution in [0.25, 0.3) is 38.2 Å². The van der Waals surface area contributed by atoms with E-state index in [1.165, 1.54) is 67.9 Å². The minimum absolute atomic E-state index is 0.169. The van der Waals surface area contributed by atoms with Gasteiger partial charge in [0.25, 0.3) is 0 Å². The fraction of sp³-hybridized carbons (Fsp3) is 0.343. The Morgan fingerprint density at radius 3 is 2.63 bits per heavy atom. The van der Waals surface area contributed by atoms with Gasteiger partial charge < -0.3 is 10.6 Å². The van der Waals surface area contributed by atoms with Gasteiger partial charge >= 0.3 is 0 Å². The van der Waals surface area contributed by atoms with Crippen molar-refractivity contribution in [1.82, 2.24) is 5.32 Å². The molecule has 0 saturated heterocycles. The Bertz CT molecular complexity index is 1480. The number of carbonyl (C=O) groups excluding carboxylic acids is 1. The van der Waals surface area contributed by atoms with Crippen LogP contribution in [0.15, 0.2) is 72.8 Å². The smallest absolute Gasteiger partial charge is 0.220 e. The number of fused-ring (bicyclic) bond motifs is 4. The van der Waals surface area contributed by atoms with E-state index < -0.39 is 0 Å². The lowest BCUT2D eigenvalue weighted by Gasteiger charge is -2.26. The lowest BCUT2D eigenvalue weighted by atomic mass is 9.84. The molecule has 1 aliphatic rings. The third-order valence-electron chi connectivity index (χ3n) is 7.80. The SMILES string of the molecule is CCCCCCC(=O)NCCc1cc(-c2cccc3ccccc23)cc2ccc3c(c12)C(C(C)C)=CCN3. The lowest BCUT2D eigenvalue weighted by Crippen LogP contribution is -2.25. The van der Waals surface area contributed by atoms with E-state index in [1.54, 1.807) is 0 Å². The van der Waals surface area contributed by atoms with Gasteiger partial charge in [0.2, 0.25) is 5.91 Å². The average Bonchev–Trinajstić information content (AvgIpc) is 2.94. The average molecular weight is 505 g/mol. The highest BCUT2D eigenvalue weighted by atomic mass is 16.1. The number of hydrogen-bond acceptors (Lipinski definition) is 2. The molecule has 0 bridgehead atoms. The highest BCUT2D eigenvalue weighted by Crippen LogP contribution is 2.42. The van der Waals surface area contributed by atoms with Gasteiger partial charge in [-0.2, -0.15) is 0 Å². The van der Waals surface area contributed by atoms with Crippen LogP contribution in [-0.4, -0.2) is 19.0 Å². The zero-order valence-electron chi connectivity index (χ0n) is 23.1. The number of rotatable bonds is 10. The zero-order chi connectivity index (χ0) is 26.5. The Labute approximate surface area is 227 Å². The third-order valence-corrected chi connectivity index (χ3v) is 7.80. The van der Waals surface area contributed by atoms with Gasteiger partial charge in [0.15, 0.2) is 0 Å². The van der Waals surface area contributed by atoms with Crippen molar-refractivity contribution in [2.45, 2.75) is 59.3 Å². The van der Waals surface area contributed by atoms with E-state index in [9.17, 15) is 4.79 Å². The Hall–Kier alpha value is -3.59. The molecule has 196 valence electrons. The van der Waals surface area contributed by atoms with Crippen molar-refractivity contribution in [3.8, 4) is 11.1 Å². The molecule has 1 amide bonds. The van der Waals surface area contributed by atoms with Crippen molar-refractivity contribution in [2.75, 3.05) is 18.4 Å². The Balaban J connectivity index is 1.56. The molecular weight excluding hydrogens is 464 g/mol. The van der Waals surface area contributed by atoms with Gasteiger partial charge in [0.05, 0.1) is 0 Å². The minimum atomic E-state index is 0.169. The van der Waals surface area contributed by atoms with Crippen LogP contribution < -0.4 is 10.6 Å². The molecule has 0 fully saturated rings. The number of nitrogens with one attached hydrogen (secondary N) is 2. The van der Waals surface area contributed by atoms with Gasteiger partial charge in [-0.25, -0.2) is 0 Å². The van der Waals surface area contributed by atoms with Crippen molar-refractivity contribution in [3.63, 3.8) is 0 Å². The first-order chi connectivity index (χ1) is 18.6. The molecular formula is C35H40N2O. The van der Waals surface area contributed by atoms with Crippen LogP contribution in [0.2, 0.25) is 0 Å². The molecule has 2 N–H and O–H groups in total. The molecule has 38 heavy (non-hydrogen) atoms. The van der Waals surface area contributed by atoms with Crippen LogP contribution in [0.4, 0.5) is 5.69 Å². The Morgan fingerprint density at radius 1 is 0.947 bits per heavy atom. The summed E-state index contributed by atoms with van der Waals surface area (Å²) in [7, 11) is 0. The Kier molecular flexibility index (Phi) is 8.12. The second kappa shape index (κ2) is 11.9. The molecule has 1 heterocycles. The van der Waals surface area contributed by atoms with Gasteiger partial charge in [-0.3, -0.25) is 4.79 Å². The second-order valence-corrected chi connectivity index (χ2v) is 10.9. The number of amides is 1. The normalized spacial score (nSPS) is 12.9. The van der Waals surface area contributed by atoms with Gasteiger partial charge in [-0.1, -0.05) is 101 Å². The highest BCUT2D eigenvalue weighted by molar-refractivity contribution is 6.06. The van der Waals surface area contributed by atoms with E-state index in [2.05, 4.69) is 104 Å². The second-order valence-electron chi connectivity index (χ2n) is 10.9. The number of carbonyl (C=O) groups is 1. The summed E-state index contributed by atoms with van der Waals surface area (Å²) in [5.41, 5.74) is 7.72. The lowest BCUT2D eigenvalue weighted by molar-refractivity contribution is -0.121. The molecule has 1 aliphatic heterocycles. The van der Waals surface area contributed by atoms with Crippen LogP contribution in [0.3, 0.4) is 0 Å². The monoisotopic (exact) mass is 504 g/mol. The predicted octanol–water partition coefficient (Wildman–Crippen LogP) is 8.75. The van der Waals surface area contributed by atoms with E-state index in [0.29, 0.717) is 18.9 Å². The van der Waals surface area contributed by atoms with E-state index >= 15 is 0 Å². The van der Waals surface area contributed by atoms with Gasteiger partial charge in [0.1, 0.15) is 0 Å².